The zero-order valence-corrected chi connectivity index (χ0v) is 20.3. The van der Waals surface area contributed by atoms with Crippen molar-refractivity contribution in [1.82, 2.24) is 4.98 Å². The van der Waals surface area contributed by atoms with Gasteiger partial charge in [-0.1, -0.05) is 23.4 Å². The number of carbonyl (C=O) groups is 3. The Bertz CT molecular complexity index is 1260. The van der Waals surface area contributed by atoms with Crippen LogP contribution in [0, 0.1) is 27.7 Å². The summed E-state index contributed by atoms with van der Waals surface area (Å²) >= 11 is 1.28. The Labute approximate surface area is 196 Å². The number of pyridine rings is 1. The van der Waals surface area contributed by atoms with Crippen molar-refractivity contribution in [2.45, 2.75) is 51.8 Å². The number of benzene rings is 1. The molecule has 0 aliphatic heterocycles. The number of amides is 2. The fourth-order valence-electron chi connectivity index (χ4n) is 3.64. The molecule has 9 heteroatoms. The second kappa shape index (κ2) is 9.66. The number of nitrogens with two attached hydrogens (primary N) is 1. The Morgan fingerprint density at radius 2 is 1.82 bits per heavy atom. The molecule has 0 aliphatic carbocycles. The number of hydrogen-bond donors (Lipinski definition) is 2. The average molecular weight is 470 g/mol. The molecule has 0 saturated carbocycles. The first kappa shape index (κ1) is 24.3. The molecule has 8 nitrogen and oxygen atoms in total. The van der Waals surface area contributed by atoms with Crippen LogP contribution in [0.2, 0.25) is 0 Å². The molecule has 33 heavy (non-hydrogen) atoms. The fraction of sp³-hybridized carbons (Fsp3) is 0.333. The van der Waals surface area contributed by atoms with E-state index in [4.69, 9.17) is 19.9 Å². The first-order chi connectivity index (χ1) is 15.5. The largest absolute Gasteiger partial charge is 0.462 e. The number of esters is 1. The number of fused-ring (bicyclic) bond motifs is 1. The second-order valence-corrected chi connectivity index (χ2v) is 9.19. The number of carbonyl (C=O) groups excluding carboxylic acids is 3. The monoisotopic (exact) mass is 469 g/mol. The molecule has 3 N–H and O–H groups in total. The lowest BCUT2D eigenvalue weighted by Gasteiger charge is -2.13. The number of rotatable bonds is 7. The molecular formula is C24H27N3O5S. The van der Waals surface area contributed by atoms with Crippen LogP contribution in [0.25, 0.3) is 10.9 Å². The smallest absolute Gasteiger partial charge is 0.342 e. The summed E-state index contributed by atoms with van der Waals surface area (Å²) < 4.78 is 10.5. The van der Waals surface area contributed by atoms with Crippen LogP contribution in [-0.2, 0) is 9.53 Å². The van der Waals surface area contributed by atoms with Gasteiger partial charge in [-0.25, -0.2) is 9.78 Å². The number of nitrogens with one attached hydrogen (secondary N) is 1. The first-order valence-electron chi connectivity index (χ1n) is 10.5. The van der Waals surface area contributed by atoms with E-state index in [2.05, 4.69) is 17.4 Å². The third-order valence-electron chi connectivity index (χ3n) is 5.15. The molecule has 0 aliphatic rings. The van der Waals surface area contributed by atoms with Gasteiger partial charge in [0.2, 0.25) is 11.8 Å². The molecule has 2 amide bonds. The number of furan rings is 1. The SMILES string of the molecule is CCOC(=O)c1c(C)oc(NC(=O)C(C)Sc2cc(C)c3cc(C)cc(C)c3n2)c1C(N)=O. The van der Waals surface area contributed by atoms with Crippen LogP contribution in [-0.4, -0.2) is 34.6 Å². The summed E-state index contributed by atoms with van der Waals surface area (Å²) in [6, 6.07) is 6.12. The minimum atomic E-state index is -0.900. The Balaban J connectivity index is 1.85. The van der Waals surface area contributed by atoms with E-state index in [1.807, 2.05) is 26.8 Å². The highest BCUT2D eigenvalue weighted by Crippen LogP contribution is 2.31. The van der Waals surface area contributed by atoms with Gasteiger partial charge < -0.3 is 14.9 Å². The molecule has 0 saturated heterocycles. The predicted molar refractivity (Wildman–Crippen MR) is 128 cm³/mol. The van der Waals surface area contributed by atoms with E-state index in [0.29, 0.717) is 5.03 Å². The minimum absolute atomic E-state index is 0.0856. The number of thioether (sulfide) groups is 1. The van der Waals surface area contributed by atoms with E-state index < -0.39 is 23.0 Å². The van der Waals surface area contributed by atoms with Crippen LogP contribution >= 0.6 is 11.8 Å². The fourth-order valence-corrected chi connectivity index (χ4v) is 4.56. The minimum Gasteiger partial charge on any atom is -0.462 e. The van der Waals surface area contributed by atoms with Crippen LogP contribution in [0.15, 0.2) is 27.6 Å². The van der Waals surface area contributed by atoms with Crippen LogP contribution in [0.1, 0.15) is 57.0 Å². The lowest BCUT2D eigenvalue weighted by atomic mass is 10.0. The summed E-state index contributed by atoms with van der Waals surface area (Å²) in [4.78, 5) is 41.9. The number of primary amides is 1. The summed E-state index contributed by atoms with van der Waals surface area (Å²) in [6.07, 6.45) is 0. The highest BCUT2D eigenvalue weighted by Gasteiger charge is 2.30. The van der Waals surface area contributed by atoms with Crippen molar-refractivity contribution in [3.05, 3.63) is 51.8 Å². The van der Waals surface area contributed by atoms with Gasteiger partial charge in [0, 0.05) is 5.39 Å². The molecule has 3 aromatic rings. The number of nitrogens with zero attached hydrogens (tertiary/aromatic N) is 1. The normalized spacial score (nSPS) is 11.9. The lowest BCUT2D eigenvalue weighted by molar-refractivity contribution is -0.115. The number of aromatic nitrogens is 1. The molecule has 0 radical (unpaired) electrons. The zero-order valence-electron chi connectivity index (χ0n) is 19.5. The number of ether oxygens (including phenoxy) is 1. The maximum absolute atomic E-state index is 12.9. The Morgan fingerprint density at radius 1 is 1.12 bits per heavy atom. The van der Waals surface area contributed by atoms with E-state index in [1.54, 1.807) is 13.8 Å². The van der Waals surface area contributed by atoms with Crippen molar-refractivity contribution < 1.29 is 23.5 Å². The molecule has 0 spiro atoms. The van der Waals surface area contributed by atoms with Crippen LogP contribution in [0.5, 0.6) is 0 Å². The third kappa shape index (κ3) is 5.03. The molecular weight excluding hydrogens is 442 g/mol. The summed E-state index contributed by atoms with van der Waals surface area (Å²) in [5.41, 5.74) is 9.36. The zero-order chi connectivity index (χ0) is 24.4. The summed E-state index contributed by atoms with van der Waals surface area (Å²) in [7, 11) is 0. The third-order valence-corrected chi connectivity index (χ3v) is 6.16. The quantitative estimate of drug-likeness (QED) is 0.387. The van der Waals surface area contributed by atoms with Gasteiger partial charge in [0.05, 0.1) is 22.4 Å². The van der Waals surface area contributed by atoms with E-state index in [1.165, 1.54) is 24.2 Å². The predicted octanol–water partition coefficient (Wildman–Crippen LogP) is 4.46. The van der Waals surface area contributed by atoms with Crippen LogP contribution in [0.4, 0.5) is 5.88 Å². The van der Waals surface area contributed by atoms with Gasteiger partial charge in [-0.3, -0.25) is 14.9 Å². The van der Waals surface area contributed by atoms with Gasteiger partial charge in [0.1, 0.15) is 16.9 Å². The van der Waals surface area contributed by atoms with Crippen molar-refractivity contribution in [1.29, 1.82) is 0 Å². The lowest BCUT2D eigenvalue weighted by Crippen LogP contribution is -2.25. The molecule has 1 unspecified atom stereocenters. The van der Waals surface area contributed by atoms with Crippen molar-refractivity contribution >= 4 is 46.3 Å². The van der Waals surface area contributed by atoms with E-state index in [-0.39, 0.29) is 29.4 Å². The Morgan fingerprint density at radius 3 is 2.45 bits per heavy atom. The molecule has 1 aromatic carbocycles. The highest BCUT2D eigenvalue weighted by atomic mass is 32.2. The van der Waals surface area contributed by atoms with Crippen molar-refractivity contribution in [3.8, 4) is 0 Å². The standard InChI is InChI=1S/C24H27N3O5S/c1-7-31-24(30)18-14(5)32-23(19(18)21(25)28)27-22(29)15(6)33-17-10-12(3)16-9-11(2)8-13(4)20(16)26-17/h8-10,15H,7H2,1-6H3,(H2,25,28)(H,27,29). The maximum Gasteiger partial charge on any atom is 0.342 e. The van der Waals surface area contributed by atoms with E-state index >= 15 is 0 Å². The van der Waals surface area contributed by atoms with Crippen LogP contribution < -0.4 is 11.1 Å². The molecule has 2 heterocycles. The number of aryl methyl sites for hydroxylation is 4. The van der Waals surface area contributed by atoms with Crippen molar-refractivity contribution in [2.75, 3.05) is 11.9 Å². The molecule has 174 valence electrons. The highest BCUT2D eigenvalue weighted by molar-refractivity contribution is 8.00. The number of hydrogen-bond acceptors (Lipinski definition) is 7. The second-order valence-electron chi connectivity index (χ2n) is 7.83. The summed E-state index contributed by atoms with van der Waals surface area (Å²) in [5, 5.41) is 3.79. The van der Waals surface area contributed by atoms with E-state index in [9.17, 15) is 14.4 Å². The summed E-state index contributed by atoms with van der Waals surface area (Å²) in [6.45, 7) is 11.0. The molecule has 2 aromatic heterocycles. The van der Waals surface area contributed by atoms with E-state index in [0.717, 1.165) is 22.0 Å². The molecule has 1 atom stereocenters. The Hall–Kier alpha value is -3.33. The van der Waals surface area contributed by atoms with Gasteiger partial charge in [0.25, 0.3) is 5.91 Å². The first-order valence-corrected chi connectivity index (χ1v) is 11.4. The summed E-state index contributed by atoms with van der Waals surface area (Å²) in [5.74, 6) is -2.10. The van der Waals surface area contributed by atoms with Crippen molar-refractivity contribution in [3.63, 3.8) is 0 Å². The van der Waals surface area contributed by atoms with Gasteiger partial charge in [-0.2, -0.15) is 0 Å². The number of anilines is 1. The van der Waals surface area contributed by atoms with Gasteiger partial charge in [0.15, 0.2) is 0 Å². The maximum atomic E-state index is 12.9. The average Bonchev–Trinajstić information content (AvgIpc) is 3.05. The molecule has 0 fully saturated rings. The molecule has 3 rings (SSSR count). The van der Waals surface area contributed by atoms with Gasteiger partial charge >= 0.3 is 5.97 Å². The topological polar surface area (TPSA) is 125 Å². The van der Waals surface area contributed by atoms with Crippen molar-refractivity contribution in [2.24, 2.45) is 5.73 Å². The molecule has 0 bridgehead atoms. The van der Waals surface area contributed by atoms with Crippen LogP contribution in [0.3, 0.4) is 0 Å². The Kier molecular flexibility index (Phi) is 7.12. The van der Waals surface area contributed by atoms with Gasteiger partial charge in [-0.15, -0.1) is 0 Å². The van der Waals surface area contributed by atoms with Gasteiger partial charge in [-0.05, 0) is 64.8 Å².